The average Bonchev–Trinajstić information content (AvgIpc) is 2.52. The molecule has 122 valence electrons. The molecule has 0 aromatic heterocycles. The molecule has 0 bridgehead atoms. The summed E-state index contributed by atoms with van der Waals surface area (Å²) < 4.78 is 24.6. The summed E-state index contributed by atoms with van der Waals surface area (Å²) in [5.74, 6) is -0.347. The molecule has 0 saturated heterocycles. The fourth-order valence-electron chi connectivity index (χ4n) is 1.41. The van der Waals surface area contributed by atoms with Crippen LogP contribution in [0.25, 0.3) is 6.08 Å². The Labute approximate surface area is 133 Å². The second-order valence-corrected chi connectivity index (χ2v) is 3.85. The summed E-state index contributed by atoms with van der Waals surface area (Å²) in [6, 6.07) is 13.0. The predicted octanol–water partition coefficient (Wildman–Crippen LogP) is 5.59. The van der Waals surface area contributed by atoms with E-state index in [2.05, 4.69) is 5.73 Å². The van der Waals surface area contributed by atoms with Crippen LogP contribution in [0.1, 0.15) is 31.9 Å². The van der Waals surface area contributed by atoms with Gasteiger partial charge in [-0.1, -0.05) is 50.3 Å². The molecule has 0 saturated carbocycles. The third-order valence-electron chi connectivity index (χ3n) is 2.19. The van der Waals surface area contributed by atoms with E-state index in [0.29, 0.717) is 0 Å². The lowest BCUT2D eigenvalue weighted by atomic mass is 10.2. The Morgan fingerprint density at radius 1 is 0.864 bits per heavy atom. The maximum atomic E-state index is 12.5. The topological polar surface area (TPSA) is 26.0 Å². The zero-order chi connectivity index (χ0) is 17.4. The highest BCUT2D eigenvalue weighted by Crippen LogP contribution is 2.04. The summed E-state index contributed by atoms with van der Waals surface area (Å²) in [7, 11) is 1.50. The molecule has 0 heterocycles. The van der Waals surface area contributed by atoms with Gasteiger partial charge >= 0.3 is 0 Å². The van der Waals surface area contributed by atoms with Crippen LogP contribution < -0.4 is 5.73 Å². The molecule has 2 rings (SSSR count). The van der Waals surface area contributed by atoms with E-state index in [4.69, 9.17) is 0 Å². The zero-order valence-electron chi connectivity index (χ0n) is 14.1. The normalized spacial score (nSPS) is 8.73. The van der Waals surface area contributed by atoms with Crippen molar-refractivity contribution in [3.63, 3.8) is 0 Å². The number of hydrogen-bond donors (Lipinski definition) is 1. The summed E-state index contributed by atoms with van der Waals surface area (Å²) in [5.41, 5.74) is 6.37. The van der Waals surface area contributed by atoms with Gasteiger partial charge in [-0.2, -0.15) is 0 Å². The summed E-state index contributed by atoms with van der Waals surface area (Å²) in [5, 5.41) is 0. The van der Waals surface area contributed by atoms with Crippen LogP contribution in [0.2, 0.25) is 0 Å². The van der Waals surface area contributed by atoms with Gasteiger partial charge in [0.25, 0.3) is 0 Å². The van der Waals surface area contributed by atoms with Gasteiger partial charge in [-0.15, -0.1) is 0 Å². The molecular weight excluding hydrogens is 280 g/mol. The van der Waals surface area contributed by atoms with Gasteiger partial charge in [0.1, 0.15) is 11.6 Å². The lowest BCUT2D eigenvalue weighted by Crippen LogP contribution is -1.73. The first-order valence-corrected chi connectivity index (χ1v) is 7.30. The van der Waals surface area contributed by atoms with Crippen LogP contribution in [-0.4, -0.2) is 7.05 Å². The Morgan fingerprint density at radius 3 is 1.73 bits per heavy atom. The quantitative estimate of drug-likeness (QED) is 0.729. The molecule has 0 fully saturated rings. The fourth-order valence-corrected chi connectivity index (χ4v) is 1.41. The molecule has 2 aromatic carbocycles. The Balaban J connectivity index is 0. The Kier molecular flexibility index (Phi) is 15.6. The van der Waals surface area contributed by atoms with E-state index in [1.807, 2.05) is 52.0 Å². The van der Waals surface area contributed by atoms with Crippen molar-refractivity contribution >= 4 is 6.08 Å². The van der Waals surface area contributed by atoms with Crippen molar-refractivity contribution in [1.29, 1.82) is 0 Å². The zero-order valence-corrected chi connectivity index (χ0v) is 14.1. The van der Waals surface area contributed by atoms with Crippen LogP contribution in [0.15, 0.2) is 54.6 Å². The van der Waals surface area contributed by atoms with Gasteiger partial charge in [0, 0.05) is 0 Å². The van der Waals surface area contributed by atoms with Gasteiger partial charge in [0.05, 0.1) is 0 Å². The predicted molar refractivity (Wildman–Crippen MR) is 93.7 cm³/mol. The minimum atomic E-state index is -0.185. The molecule has 2 N–H and O–H groups in total. The number of aryl methyl sites for hydroxylation is 1. The van der Waals surface area contributed by atoms with Gasteiger partial charge in [-0.3, -0.25) is 0 Å². The maximum Gasteiger partial charge on any atom is 0.123 e. The van der Waals surface area contributed by atoms with E-state index in [1.54, 1.807) is 12.1 Å². The van der Waals surface area contributed by atoms with Crippen molar-refractivity contribution in [2.75, 3.05) is 7.05 Å². The molecule has 1 nitrogen and oxygen atoms in total. The van der Waals surface area contributed by atoms with Crippen molar-refractivity contribution in [3.05, 3.63) is 77.4 Å². The number of halogens is 2. The molecule has 3 heteroatoms. The lowest BCUT2D eigenvalue weighted by Gasteiger charge is -1.90. The second-order valence-electron chi connectivity index (χ2n) is 3.85. The monoisotopic (exact) mass is 307 g/mol. The minimum Gasteiger partial charge on any atom is -0.333 e. The van der Waals surface area contributed by atoms with Gasteiger partial charge < -0.3 is 5.73 Å². The van der Waals surface area contributed by atoms with Crippen molar-refractivity contribution in [2.24, 2.45) is 5.73 Å². The summed E-state index contributed by atoms with van der Waals surface area (Å²) in [6.45, 7) is 7.77. The third-order valence-corrected chi connectivity index (χ3v) is 2.19. The second kappa shape index (κ2) is 15.4. The third kappa shape index (κ3) is 11.8. The molecular formula is C19H27F2N. The van der Waals surface area contributed by atoms with Crippen molar-refractivity contribution < 1.29 is 8.78 Å². The van der Waals surface area contributed by atoms with Crippen molar-refractivity contribution in [1.82, 2.24) is 0 Å². The summed E-state index contributed by atoms with van der Waals surface area (Å²) >= 11 is 0. The van der Waals surface area contributed by atoms with Gasteiger partial charge in [-0.25, -0.2) is 8.78 Å². The highest BCUT2D eigenvalue weighted by Gasteiger charge is 1.87. The Hall–Kier alpha value is -2.00. The Bertz CT molecular complexity index is 505. The Morgan fingerprint density at radius 2 is 1.36 bits per heavy atom. The lowest BCUT2D eigenvalue weighted by molar-refractivity contribution is 0.626. The van der Waals surface area contributed by atoms with Crippen LogP contribution in [0, 0.1) is 18.6 Å². The maximum absolute atomic E-state index is 12.5. The molecule has 0 amide bonds. The molecule has 0 radical (unpaired) electrons. The molecule has 2 aromatic rings. The average molecular weight is 307 g/mol. The van der Waals surface area contributed by atoms with Crippen LogP contribution in [0.3, 0.4) is 0 Å². The first-order valence-electron chi connectivity index (χ1n) is 7.30. The standard InChI is InChI=1S/C9H9F.C7H7F.C2H6.CH5N/c1-2-4-8-5-3-6-9(10)7-8;1-6-3-2-4-7(8)5-6;2*1-2/h2-7H,1H3;2-5H,1H3;1-2H3;2H2,1H3/b4-2+;;;. The van der Waals surface area contributed by atoms with E-state index >= 15 is 0 Å². The van der Waals surface area contributed by atoms with Gasteiger partial charge in [0.15, 0.2) is 0 Å². The van der Waals surface area contributed by atoms with Gasteiger partial charge in [-0.05, 0) is 56.3 Å². The van der Waals surface area contributed by atoms with Crippen LogP contribution >= 0.6 is 0 Å². The number of hydrogen-bond acceptors (Lipinski definition) is 1. The molecule has 22 heavy (non-hydrogen) atoms. The van der Waals surface area contributed by atoms with Crippen LogP contribution in [0.5, 0.6) is 0 Å². The molecule has 0 aliphatic heterocycles. The summed E-state index contributed by atoms with van der Waals surface area (Å²) in [4.78, 5) is 0. The molecule has 0 unspecified atom stereocenters. The summed E-state index contributed by atoms with van der Waals surface area (Å²) in [6.07, 6.45) is 3.75. The smallest absolute Gasteiger partial charge is 0.123 e. The molecule has 0 aliphatic carbocycles. The van der Waals surface area contributed by atoms with Crippen LogP contribution in [-0.2, 0) is 0 Å². The first-order chi connectivity index (χ1) is 10.6. The van der Waals surface area contributed by atoms with Gasteiger partial charge in [0.2, 0.25) is 0 Å². The van der Waals surface area contributed by atoms with Crippen molar-refractivity contribution in [3.8, 4) is 0 Å². The molecule has 0 atom stereocenters. The van der Waals surface area contributed by atoms with E-state index in [1.165, 1.54) is 31.3 Å². The number of nitrogens with two attached hydrogens (primary N) is 1. The highest BCUT2D eigenvalue weighted by atomic mass is 19.1. The molecule has 0 spiro atoms. The highest BCUT2D eigenvalue weighted by molar-refractivity contribution is 5.48. The molecule has 0 aliphatic rings. The van der Waals surface area contributed by atoms with E-state index in [0.717, 1.165) is 11.1 Å². The largest absolute Gasteiger partial charge is 0.333 e. The van der Waals surface area contributed by atoms with E-state index < -0.39 is 0 Å². The minimum absolute atomic E-state index is 0.162. The number of rotatable bonds is 1. The SMILES string of the molecule is C/C=C/c1cccc(F)c1.CC.CN.Cc1cccc(F)c1. The fraction of sp³-hybridized carbons (Fsp3) is 0.263. The first kappa shape index (κ1) is 22.3. The number of benzene rings is 2. The number of allylic oxidation sites excluding steroid dienone is 1. The van der Waals surface area contributed by atoms with Crippen LogP contribution in [0.4, 0.5) is 8.78 Å². The van der Waals surface area contributed by atoms with E-state index in [-0.39, 0.29) is 11.6 Å². The van der Waals surface area contributed by atoms with E-state index in [9.17, 15) is 8.78 Å². The van der Waals surface area contributed by atoms with Crippen molar-refractivity contribution in [2.45, 2.75) is 27.7 Å².